The van der Waals surface area contributed by atoms with Crippen LogP contribution in [-0.4, -0.2) is 19.7 Å². The number of ether oxygens (including phenoxy) is 1. The van der Waals surface area contributed by atoms with Gasteiger partial charge < -0.3 is 10.1 Å². The molecule has 0 fully saturated rings. The van der Waals surface area contributed by atoms with Gasteiger partial charge in [0.25, 0.3) is 0 Å². The molecule has 16 heavy (non-hydrogen) atoms. The fourth-order valence-electron chi connectivity index (χ4n) is 1.61. The third-order valence-electron chi connectivity index (χ3n) is 2.38. The van der Waals surface area contributed by atoms with E-state index in [1.165, 1.54) is 6.07 Å². The van der Waals surface area contributed by atoms with E-state index in [0.717, 1.165) is 13.0 Å². The molecule has 0 heterocycles. The second kappa shape index (κ2) is 7.36. The minimum atomic E-state index is -0.197. The zero-order chi connectivity index (χ0) is 11.8. The lowest BCUT2D eigenvalue weighted by atomic mass is 10.1. The predicted molar refractivity (Wildman–Crippen MR) is 63.9 cm³/mol. The maximum absolute atomic E-state index is 13.6. The smallest absolute Gasteiger partial charge is 0.129 e. The molecule has 2 nitrogen and oxygen atoms in total. The molecular formula is C13H20FNO. The highest BCUT2D eigenvalue weighted by Gasteiger charge is 2.14. The zero-order valence-electron chi connectivity index (χ0n) is 10.0. The molecule has 0 saturated heterocycles. The Morgan fingerprint density at radius 2 is 2.06 bits per heavy atom. The summed E-state index contributed by atoms with van der Waals surface area (Å²) < 4.78 is 19.1. The van der Waals surface area contributed by atoms with Crippen LogP contribution in [0.25, 0.3) is 0 Å². The number of halogens is 1. The summed E-state index contributed by atoms with van der Waals surface area (Å²) in [6.07, 6.45) is 0.869. The molecule has 0 aliphatic carbocycles. The topological polar surface area (TPSA) is 21.3 Å². The number of hydrogen-bond acceptors (Lipinski definition) is 2. The Hall–Kier alpha value is -0.930. The molecule has 0 spiro atoms. The number of rotatable bonds is 7. The Labute approximate surface area is 96.8 Å². The van der Waals surface area contributed by atoms with Crippen LogP contribution in [0.3, 0.4) is 0 Å². The Morgan fingerprint density at radius 1 is 1.31 bits per heavy atom. The summed E-state index contributed by atoms with van der Waals surface area (Å²) in [5, 5.41) is 3.25. The maximum atomic E-state index is 13.6. The molecule has 1 N–H and O–H groups in total. The van der Waals surface area contributed by atoms with E-state index >= 15 is 0 Å². The van der Waals surface area contributed by atoms with E-state index in [-0.39, 0.29) is 11.9 Å². The van der Waals surface area contributed by atoms with Gasteiger partial charge in [-0.15, -0.1) is 0 Å². The molecule has 0 bridgehead atoms. The van der Waals surface area contributed by atoms with Gasteiger partial charge in [0.2, 0.25) is 0 Å². The van der Waals surface area contributed by atoms with Gasteiger partial charge >= 0.3 is 0 Å². The quantitative estimate of drug-likeness (QED) is 0.720. The lowest BCUT2D eigenvalue weighted by molar-refractivity contribution is 0.0599. The highest BCUT2D eigenvalue weighted by Crippen LogP contribution is 2.19. The van der Waals surface area contributed by atoms with Crippen molar-refractivity contribution in [2.24, 2.45) is 0 Å². The van der Waals surface area contributed by atoms with Crippen molar-refractivity contribution in [3.63, 3.8) is 0 Å². The van der Waals surface area contributed by atoms with Crippen LogP contribution < -0.4 is 5.32 Å². The normalized spacial score (nSPS) is 12.7. The summed E-state index contributed by atoms with van der Waals surface area (Å²) in [4.78, 5) is 0. The van der Waals surface area contributed by atoms with Crippen LogP contribution in [-0.2, 0) is 4.74 Å². The van der Waals surface area contributed by atoms with Crippen molar-refractivity contribution in [2.45, 2.75) is 26.4 Å². The summed E-state index contributed by atoms with van der Waals surface area (Å²) in [5.74, 6) is -0.195. The zero-order valence-corrected chi connectivity index (χ0v) is 10.0. The molecule has 0 aromatic heterocycles. The van der Waals surface area contributed by atoms with Crippen LogP contribution >= 0.6 is 0 Å². The van der Waals surface area contributed by atoms with Gasteiger partial charge in [-0.1, -0.05) is 25.1 Å². The van der Waals surface area contributed by atoms with Crippen molar-refractivity contribution in [1.82, 2.24) is 5.32 Å². The molecule has 1 atom stereocenters. The minimum absolute atomic E-state index is 0.195. The number of nitrogens with one attached hydrogen (secondary N) is 1. The van der Waals surface area contributed by atoms with Gasteiger partial charge in [-0.2, -0.15) is 0 Å². The van der Waals surface area contributed by atoms with Gasteiger partial charge in [-0.25, -0.2) is 4.39 Å². The van der Waals surface area contributed by atoms with Crippen LogP contribution in [0.15, 0.2) is 24.3 Å². The Kier molecular flexibility index (Phi) is 6.04. The third kappa shape index (κ3) is 3.91. The van der Waals surface area contributed by atoms with Crippen LogP contribution in [0.5, 0.6) is 0 Å². The standard InChI is InChI=1S/C13H20FNO/c1-3-9-15-10-13(16-4-2)11-7-5-6-8-12(11)14/h5-8,13,15H,3-4,9-10H2,1-2H3. The second-order valence-electron chi connectivity index (χ2n) is 3.67. The molecule has 0 aliphatic rings. The van der Waals surface area contributed by atoms with Gasteiger partial charge in [0.15, 0.2) is 0 Å². The molecule has 0 saturated carbocycles. The average molecular weight is 225 g/mol. The Balaban J connectivity index is 2.65. The molecular weight excluding hydrogens is 205 g/mol. The van der Waals surface area contributed by atoms with Crippen molar-refractivity contribution in [1.29, 1.82) is 0 Å². The van der Waals surface area contributed by atoms with Crippen LogP contribution in [0.1, 0.15) is 31.9 Å². The lowest BCUT2D eigenvalue weighted by Crippen LogP contribution is -2.24. The first kappa shape index (κ1) is 13.1. The first-order valence-corrected chi connectivity index (χ1v) is 5.86. The van der Waals surface area contributed by atoms with Crippen LogP contribution in [0, 0.1) is 5.82 Å². The van der Waals surface area contributed by atoms with E-state index in [1.54, 1.807) is 12.1 Å². The van der Waals surface area contributed by atoms with Crippen molar-refractivity contribution in [3.05, 3.63) is 35.6 Å². The van der Waals surface area contributed by atoms with Gasteiger partial charge in [-0.3, -0.25) is 0 Å². The summed E-state index contributed by atoms with van der Waals surface area (Å²) in [6.45, 7) is 6.20. The molecule has 0 aliphatic heterocycles. The minimum Gasteiger partial charge on any atom is -0.372 e. The summed E-state index contributed by atoms with van der Waals surface area (Å²) in [6, 6.07) is 6.79. The van der Waals surface area contributed by atoms with E-state index in [9.17, 15) is 4.39 Å². The third-order valence-corrected chi connectivity index (χ3v) is 2.38. The largest absolute Gasteiger partial charge is 0.372 e. The average Bonchev–Trinajstić information content (AvgIpc) is 2.29. The monoisotopic (exact) mass is 225 g/mol. The SMILES string of the molecule is CCCNCC(OCC)c1ccccc1F. The predicted octanol–water partition coefficient (Wildman–Crippen LogP) is 2.90. The van der Waals surface area contributed by atoms with Gasteiger partial charge in [-0.05, 0) is 26.0 Å². The summed E-state index contributed by atoms with van der Waals surface area (Å²) in [7, 11) is 0. The highest BCUT2D eigenvalue weighted by molar-refractivity contribution is 5.20. The van der Waals surface area contributed by atoms with E-state index in [1.807, 2.05) is 13.0 Å². The fraction of sp³-hybridized carbons (Fsp3) is 0.538. The Bertz CT molecular complexity index is 304. The van der Waals surface area contributed by atoms with E-state index in [2.05, 4.69) is 12.2 Å². The van der Waals surface area contributed by atoms with Crippen molar-refractivity contribution < 1.29 is 9.13 Å². The molecule has 3 heteroatoms. The summed E-state index contributed by atoms with van der Waals surface area (Å²) in [5.41, 5.74) is 0.632. The van der Waals surface area contributed by atoms with E-state index < -0.39 is 0 Å². The number of benzene rings is 1. The molecule has 1 unspecified atom stereocenters. The van der Waals surface area contributed by atoms with Gasteiger partial charge in [0, 0.05) is 18.7 Å². The van der Waals surface area contributed by atoms with Gasteiger partial charge in [0.05, 0.1) is 6.10 Å². The number of hydrogen-bond donors (Lipinski definition) is 1. The van der Waals surface area contributed by atoms with E-state index in [0.29, 0.717) is 18.7 Å². The van der Waals surface area contributed by atoms with Gasteiger partial charge in [0.1, 0.15) is 5.82 Å². The molecule has 90 valence electrons. The van der Waals surface area contributed by atoms with Crippen LogP contribution in [0.4, 0.5) is 4.39 Å². The van der Waals surface area contributed by atoms with Crippen molar-refractivity contribution >= 4 is 0 Å². The molecule has 1 aromatic carbocycles. The fourth-order valence-corrected chi connectivity index (χ4v) is 1.61. The highest BCUT2D eigenvalue weighted by atomic mass is 19.1. The Morgan fingerprint density at radius 3 is 2.69 bits per heavy atom. The molecule has 1 aromatic rings. The first-order valence-electron chi connectivity index (χ1n) is 5.86. The summed E-state index contributed by atoms with van der Waals surface area (Å²) >= 11 is 0. The maximum Gasteiger partial charge on any atom is 0.129 e. The molecule has 0 radical (unpaired) electrons. The van der Waals surface area contributed by atoms with Crippen LogP contribution in [0.2, 0.25) is 0 Å². The van der Waals surface area contributed by atoms with Crippen molar-refractivity contribution in [3.8, 4) is 0 Å². The van der Waals surface area contributed by atoms with Crippen molar-refractivity contribution in [2.75, 3.05) is 19.7 Å². The lowest BCUT2D eigenvalue weighted by Gasteiger charge is -2.18. The second-order valence-corrected chi connectivity index (χ2v) is 3.67. The molecule has 1 rings (SSSR count). The van der Waals surface area contributed by atoms with E-state index in [4.69, 9.17) is 4.74 Å². The molecule has 0 amide bonds. The first-order chi connectivity index (χ1) is 7.79.